The molecule has 9 nitrogen and oxygen atoms in total. The summed E-state index contributed by atoms with van der Waals surface area (Å²) >= 11 is 0. The fourth-order valence-electron chi connectivity index (χ4n) is 5.05. The molecular formula is C30H56N4O5. The minimum atomic E-state index is -0.503. The zero-order valence-corrected chi connectivity index (χ0v) is 26.2. The molecule has 1 saturated heterocycles. The minimum absolute atomic E-state index is 0.00987. The van der Waals surface area contributed by atoms with Crippen molar-refractivity contribution in [2.24, 2.45) is 5.92 Å². The van der Waals surface area contributed by atoms with Gasteiger partial charge in [0, 0.05) is 44.1 Å². The second-order valence-electron chi connectivity index (χ2n) is 13.1. The lowest BCUT2D eigenvalue weighted by atomic mass is 9.87. The van der Waals surface area contributed by atoms with Crippen LogP contribution in [0.15, 0.2) is 6.20 Å². The Kier molecular flexibility index (Phi) is 13.0. The zero-order valence-electron chi connectivity index (χ0n) is 26.2. The highest BCUT2D eigenvalue weighted by Gasteiger charge is 2.34. The van der Waals surface area contributed by atoms with Crippen molar-refractivity contribution in [1.82, 2.24) is 19.9 Å². The number of aliphatic hydroxyl groups excluding tert-OH is 1. The first-order chi connectivity index (χ1) is 18.2. The van der Waals surface area contributed by atoms with E-state index in [0.717, 1.165) is 38.0 Å². The molecule has 0 saturated carbocycles. The van der Waals surface area contributed by atoms with Gasteiger partial charge in [-0.2, -0.15) is 0 Å². The molecule has 3 unspecified atom stereocenters. The third-order valence-corrected chi connectivity index (χ3v) is 7.94. The van der Waals surface area contributed by atoms with E-state index in [9.17, 15) is 9.90 Å². The van der Waals surface area contributed by atoms with Gasteiger partial charge in [-0.1, -0.05) is 25.5 Å². The number of aliphatic hydroxyl groups is 1. The van der Waals surface area contributed by atoms with Gasteiger partial charge in [-0.05, 0) is 73.8 Å². The van der Waals surface area contributed by atoms with Gasteiger partial charge in [0.2, 0.25) is 0 Å². The van der Waals surface area contributed by atoms with Crippen LogP contribution in [0.1, 0.15) is 100 Å². The molecule has 1 aromatic rings. The molecule has 1 N–H and O–H groups in total. The Morgan fingerprint density at radius 1 is 1.13 bits per heavy atom. The molecule has 226 valence electrons. The smallest absolute Gasteiger partial charge is 0.135 e. The maximum Gasteiger partial charge on any atom is 0.135 e. The molecular weight excluding hydrogens is 496 g/mol. The highest BCUT2D eigenvalue weighted by molar-refractivity contribution is 5.78. The standard InChI is InChI=1S/C30H56N4O5/c1-10-24-12-14-33(21-27(24)36)28(4,5)13-16-37-23(3)18-25-20-34(32-31-25)15-17-38-30(8,9)22-39-29(6,7)19-26(35)11-2/h20,23-24,27,36H,10-19,21-22H2,1-9H3. The lowest BCUT2D eigenvalue weighted by Crippen LogP contribution is -2.53. The Labute approximate surface area is 236 Å². The molecule has 39 heavy (non-hydrogen) atoms. The number of aromatic nitrogens is 3. The molecule has 0 bridgehead atoms. The summed E-state index contributed by atoms with van der Waals surface area (Å²) in [5.74, 6) is 0.627. The Balaban J connectivity index is 1.69. The van der Waals surface area contributed by atoms with Crippen LogP contribution >= 0.6 is 0 Å². The van der Waals surface area contributed by atoms with E-state index in [4.69, 9.17) is 14.2 Å². The number of hydrogen-bond donors (Lipinski definition) is 1. The van der Waals surface area contributed by atoms with Crippen LogP contribution in [0.2, 0.25) is 0 Å². The molecule has 0 amide bonds. The van der Waals surface area contributed by atoms with Crippen molar-refractivity contribution in [3.63, 3.8) is 0 Å². The highest BCUT2D eigenvalue weighted by Crippen LogP contribution is 2.28. The van der Waals surface area contributed by atoms with Gasteiger partial charge in [-0.25, -0.2) is 4.68 Å². The third kappa shape index (κ3) is 11.9. The molecule has 0 spiro atoms. The van der Waals surface area contributed by atoms with E-state index < -0.39 is 11.2 Å². The molecule has 9 heteroatoms. The van der Waals surface area contributed by atoms with E-state index in [1.807, 2.05) is 40.8 Å². The summed E-state index contributed by atoms with van der Waals surface area (Å²) in [4.78, 5) is 14.2. The summed E-state index contributed by atoms with van der Waals surface area (Å²) in [6.07, 6.45) is 6.41. The number of Topliss-reactive ketones (excluding diaryl/α,β-unsaturated/α-hetero) is 1. The maximum absolute atomic E-state index is 11.8. The van der Waals surface area contributed by atoms with Crippen LogP contribution in [0, 0.1) is 5.92 Å². The Morgan fingerprint density at radius 3 is 2.49 bits per heavy atom. The summed E-state index contributed by atoms with van der Waals surface area (Å²) in [5.41, 5.74) is -0.0891. The van der Waals surface area contributed by atoms with Gasteiger partial charge in [0.15, 0.2) is 0 Å². The van der Waals surface area contributed by atoms with Crippen LogP contribution in [0.5, 0.6) is 0 Å². The SMILES string of the molecule is CCC(=O)CC(C)(C)OCC(C)(C)OCCn1cc(CC(C)OCCC(C)(C)N2CCC(CC)C(O)C2)nn1. The van der Waals surface area contributed by atoms with E-state index in [1.165, 1.54) is 0 Å². The summed E-state index contributed by atoms with van der Waals surface area (Å²) < 4.78 is 20.0. The first-order valence-corrected chi connectivity index (χ1v) is 14.9. The van der Waals surface area contributed by atoms with Crippen LogP contribution < -0.4 is 0 Å². The quantitative estimate of drug-likeness (QED) is 0.285. The molecule has 1 aliphatic rings. The lowest BCUT2D eigenvalue weighted by molar-refractivity contribution is -0.138. The number of rotatable bonds is 18. The predicted octanol–water partition coefficient (Wildman–Crippen LogP) is 4.45. The first kappa shape index (κ1) is 33.8. The zero-order chi connectivity index (χ0) is 29.3. The largest absolute Gasteiger partial charge is 0.392 e. The average molecular weight is 553 g/mol. The third-order valence-electron chi connectivity index (χ3n) is 7.94. The van der Waals surface area contributed by atoms with Crippen molar-refractivity contribution >= 4 is 5.78 Å². The van der Waals surface area contributed by atoms with Crippen LogP contribution in [0.25, 0.3) is 0 Å². The number of piperidine rings is 1. The van der Waals surface area contributed by atoms with Gasteiger partial charge in [0.1, 0.15) is 5.78 Å². The first-order valence-electron chi connectivity index (χ1n) is 14.9. The van der Waals surface area contributed by atoms with E-state index in [2.05, 4.69) is 42.9 Å². The van der Waals surface area contributed by atoms with Gasteiger partial charge in [0.05, 0.1) is 48.9 Å². The summed E-state index contributed by atoms with van der Waals surface area (Å²) in [6.45, 7) is 22.4. The van der Waals surface area contributed by atoms with Crippen LogP contribution in [-0.4, -0.2) is 92.6 Å². The van der Waals surface area contributed by atoms with Crippen molar-refractivity contribution in [3.8, 4) is 0 Å². The number of carbonyl (C=O) groups is 1. The molecule has 0 aliphatic carbocycles. The fraction of sp³-hybridized carbons (Fsp3) is 0.900. The minimum Gasteiger partial charge on any atom is -0.392 e. The molecule has 2 rings (SSSR count). The monoisotopic (exact) mass is 552 g/mol. The van der Waals surface area contributed by atoms with Crippen molar-refractivity contribution < 1.29 is 24.1 Å². The van der Waals surface area contributed by atoms with Crippen LogP contribution in [0.4, 0.5) is 0 Å². The number of carbonyl (C=O) groups excluding carboxylic acids is 1. The van der Waals surface area contributed by atoms with Gasteiger partial charge in [-0.3, -0.25) is 9.69 Å². The Hall–Kier alpha value is -1.39. The topological polar surface area (TPSA) is 98.9 Å². The number of likely N-dealkylation sites (tertiary alicyclic amines) is 1. The van der Waals surface area contributed by atoms with Crippen LogP contribution in [-0.2, 0) is 32.0 Å². The second-order valence-corrected chi connectivity index (χ2v) is 13.1. The van der Waals surface area contributed by atoms with E-state index in [-0.39, 0.29) is 23.5 Å². The number of ether oxygens (including phenoxy) is 3. The Morgan fingerprint density at radius 2 is 1.85 bits per heavy atom. The fourth-order valence-corrected chi connectivity index (χ4v) is 5.05. The number of β-amino-alcohol motifs (C(OH)–C–C–N with tert-alkyl or cyclic N) is 1. The van der Waals surface area contributed by atoms with Gasteiger partial charge >= 0.3 is 0 Å². The van der Waals surface area contributed by atoms with Crippen molar-refractivity contribution in [2.75, 3.05) is 32.9 Å². The number of nitrogens with zero attached hydrogens (tertiary/aromatic N) is 4. The lowest BCUT2D eigenvalue weighted by Gasteiger charge is -2.45. The van der Waals surface area contributed by atoms with Crippen LogP contribution in [0.3, 0.4) is 0 Å². The Bertz CT molecular complexity index is 869. The summed E-state index contributed by atoms with van der Waals surface area (Å²) in [7, 11) is 0. The van der Waals surface area contributed by atoms with Crippen molar-refractivity contribution in [1.29, 1.82) is 0 Å². The van der Waals surface area contributed by atoms with Gasteiger partial charge in [-0.15, -0.1) is 5.10 Å². The molecule has 1 aliphatic heterocycles. The normalized spacial score (nSPS) is 20.4. The van der Waals surface area contributed by atoms with Crippen molar-refractivity contribution in [2.45, 2.75) is 136 Å². The molecule has 1 fully saturated rings. The van der Waals surface area contributed by atoms with Gasteiger partial charge in [0.25, 0.3) is 0 Å². The predicted molar refractivity (Wildman–Crippen MR) is 154 cm³/mol. The molecule has 0 radical (unpaired) electrons. The van der Waals surface area contributed by atoms with E-state index in [0.29, 0.717) is 51.5 Å². The molecule has 3 atom stereocenters. The summed E-state index contributed by atoms with van der Waals surface area (Å²) in [5, 5.41) is 19.0. The second kappa shape index (κ2) is 15.0. The highest BCUT2D eigenvalue weighted by atomic mass is 16.6. The number of hydrogen-bond acceptors (Lipinski definition) is 8. The number of ketones is 1. The van der Waals surface area contributed by atoms with E-state index >= 15 is 0 Å². The van der Waals surface area contributed by atoms with Crippen molar-refractivity contribution in [3.05, 3.63) is 11.9 Å². The average Bonchev–Trinajstić information content (AvgIpc) is 3.29. The summed E-state index contributed by atoms with van der Waals surface area (Å²) in [6, 6.07) is 0. The molecule has 1 aromatic heterocycles. The molecule has 2 heterocycles. The molecule has 0 aromatic carbocycles. The van der Waals surface area contributed by atoms with E-state index in [1.54, 1.807) is 4.68 Å². The maximum atomic E-state index is 11.8. The van der Waals surface area contributed by atoms with Gasteiger partial charge < -0.3 is 19.3 Å².